The summed E-state index contributed by atoms with van der Waals surface area (Å²) in [5.74, 6) is 0. The summed E-state index contributed by atoms with van der Waals surface area (Å²) in [4.78, 5) is 4.54. The molecule has 4 heterocycles. The Hall–Kier alpha value is -2.70. The number of hydrogen-bond donors (Lipinski definition) is 1. The van der Waals surface area contributed by atoms with E-state index in [1.54, 1.807) is 0 Å². The van der Waals surface area contributed by atoms with Gasteiger partial charge in [-0.05, 0) is 25.1 Å². The van der Waals surface area contributed by atoms with E-state index in [9.17, 15) is 0 Å². The molecule has 0 unspecified atom stereocenters. The van der Waals surface area contributed by atoms with E-state index in [2.05, 4.69) is 21.2 Å². The maximum atomic E-state index is 6.07. The summed E-state index contributed by atoms with van der Waals surface area (Å²) in [5, 5.41) is 13.7. The van der Waals surface area contributed by atoms with Crippen molar-refractivity contribution in [3.05, 3.63) is 52.9 Å². The quantitative estimate of drug-likeness (QED) is 0.583. The van der Waals surface area contributed by atoms with Crippen LogP contribution in [-0.4, -0.2) is 31.6 Å². The number of ether oxygens (including phenoxy) is 1. The number of pyridine rings is 1. The minimum absolute atomic E-state index is 0.538. The normalized spacial score (nSPS) is 13.9. The number of hydrogen-bond acceptors (Lipinski definition) is 4. The van der Waals surface area contributed by atoms with Gasteiger partial charge in [0.1, 0.15) is 5.69 Å². The van der Waals surface area contributed by atoms with Crippen LogP contribution in [0.2, 0.25) is 5.02 Å². The third kappa shape index (κ3) is 2.41. The fourth-order valence-electron chi connectivity index (χ4n) is 3.50. The van der Waals surface area contributed by atoms with Gasteiger partial charge in [0.2, 0.25) is 0 Å². The number of H-pyrrole nitrogens is 1. The molecule has 1 aromatic carbocycles. The highest BCUT2D eigenvalue weighted by molar-refractivity contribution is 6.30. The van der Waals surface area contributed by atoms with Gasteiger partial charge in [-0.15, -0.1) is 0 Å². The number of aromatic nitrogens is 5. The van der Waals surface area contributed by atoms with Crippen molar-refractivity contribution >= 4 is 22.6 Å². The minimum Gasteiger partial charge on any atom is -0.373 e. The van der Waals surface area contributed by atoms with Gasteiger partial charge in [0, 0.05) is 32.8 Å². The van der Waals surface area contributed by atoms with Gasteiger partial charge in [-0.2, -0.15) is 10.2 Å². The van der Waals surface area contributed by atoms with Crippen LogP contribution in [0.15, 0.2) is 36.5 Å². The number of aryl methyl sites for hydroxylation is 1. The summed E-state index contributed by atoms with van der Waals surface area (Å²) in [7, 11) is 0. The van der Waals surface area contributed by atoms with E-state index in [-0.39, 0.29) is 0 Å². The predicted octanol–water partition coefficient (Wildman–Crippen LogP) is 3.98. The van der Waals surface area contributed by atoms with Crippen molar-refractivity contribution in [2.75, 3.05) is 6.61 Å². The molecule has 1 aliphatic rings. The number of halogens is 1. The van der Waals surface area contributed by atoms with Crippen molar-refractivity contribution in [2.45, 2.75) is 20.1 Å². The van der Waals surface area contributed by atoms with E-state index in [0.717, 1.165) is 51.4 Å². The Morgan fingerprint density at radius 3 is 2.92 bits per heavy atom. The van der Waals surface area contributed by atoms with E-state index in [1.807, 2.05) is 42.1 Å². The van der Waals surface area contributed by atoms with E-state index in [1.165, 1.54) is 0 Å². The van der Waals surface area contributed by atoms with Crippen molar-refractivity contribution < 1.29 is 4.74 Å². The Balaban J connectivity index is 1.83. The second-order valence-electron chi connectivity index (χ2n) is 6.40. The molecule has 0 saturated heterocycles. The molecule has 0 radical (unpaired) electrons. The molecule has 1 N–H and O–H groups in total. The first-order valence-electron chi connectivity index (χ1n) is 8.45. The lowest BCUT2D eigenvalue weighted by Crippen LogP contribution is -2.17. The van der Waals surface area contributed by atoms with Crippen molar-refractivity contribution in [3.63, 3.8) is 0 Å². The Kier molecular flexibility index (Phi) is 3.55. The van der Waals surface area contributed by atoms with E-state index >= 15 is 0 Å². The molecule has 0 fully saturated rings. The van der Waals surface area contributed by atoms with Crippen LogP contribution in [0.1, 0.15) is 11.4 Å². The third-order valence-corrected chi connectivity index (χ3v) is 4.93. The lowest BCUT2D eigenvalue weighted by Gasteiger charge is -2.16. The van der Waals surface area contributed by atoms with Gasteiger partial charge in [-0.1, -0.05) is 23.7 Å². The number of rotatable bonds is 2. The molecule has 0 amide bonds. The highest BCUT2D eigenvalue weighted by Gasteiger charge is 2.25. The molecule has 0 saturated carbocycles. The van der Waals surface area contributed by atoms with Crippen molar-refractivity contribution in [2.24, 2.45) is 0 Å². The minimum atomic E-state index is 0.538. The third-order valence-electron chi connectivity index (χ3n) is 4.68. The van der Waals surface area contributed by atoms with Crippen LogP contribution in [0, 0.1) is 6.92 Å². The lowest BCUT2D eigenvalue weighted by molar-refractivity contribution is 0.0805. The zero-order valence-electron chi connectivity index (χ0n) is 14.2. The van der Waals surface area contributed by atoms with Gasteiger partial charge in [0.15, 0.2) is 5.65 Å². The summed E-state index contributed by atoms with van der Waals surface area (Å²) in [5.41, 5.74) is 6.87. The van der Waals surface area contributed by atoms with Crippen LogP contribution in [0.4, 0.5) is 0 Å². The monoisotopic (exact) mass is 365 g/mol. The van der Waals surface area contributed by atoms with Gasteiger partial charge in [-0.25, -0.2) is 4.98 Å². The first-order chi connectivity index (χ1) is 12.7. The van der Waals surface area contributed by atoms with Gasteiger partial charge in [0.05, 0.1) is 31.6 Å². The number of benzene rings is 1. The van der Waals surface area contributed by atoms with Crippen LogP contribution in [0.3, 0.4) is 0 Å². The molecule has 0 aliphatic carbocycles. The summed E-state index contributed by atoms with van der Waals surface area (Å²) in [6, 6.07) is 9.87. The molecule has 4 aromatic rings. The second-order valence-corrected chi connectivity index (χ2v) is 6.83. The van der Waals surface area contributed by atoms with Gasteiger partial charge >= 0.3 is 0 Å². The molecule has 1 aliphatic heterocycles. The van der Waals surface area contributed by atoms with E-state index in [4.69, 9.17) is 21.4 Å². The van der Waals surface area contributed by atoms with E-state index in [0.29, 0.717) is 18.2 Å². The van der Waals surface area contributed by atoms with Gasteiger partial charge < -0.3 is 4.74 Å². The maximum absolute atomic E-state index is 6.07. The number of aromatic amines is 1. The molecule has 0 spiro atoms. The average Bonchev–Trinajstić information content (AvgIpc) is 3.26. The highest BCUT2D eigenvalue weighted by Crippen LogP contribution is 2.39. The van der Waals surface area contributed by atoms with Crippen LogP contribution in [0.5, 0.6) is 0 Å². The molecule has 3 aromatic heterocycles. The smallest absolute Gasteiger partial charge is 0.155 e. The Morgan fingerprint density at radius 2 is 2.08 bits per heavy atom. The number of fused-ring (bicyclic) bond motifs is 2. The van der Waals surface area contributed by atoms with Gasteiger partial charge in [-0.3, -0.25) is 9.78 Å². The summed E-state index contributed by atoms with van der Waals surface area (Å²) in [6.07, 6.45) is 1.82. The van der Waals surface area contributed by atoms with Crippen molar-refractivity contribution in [1.82, 2.24) is 25.0 Å². The van der Waals surface area contributed by atoms with Crippen LogP contribution in [0.25, 0.3) is 33.4 Å². The Bertz CT molecular complexity index is 1110. The first-order valence-corrected chi connectivity index (χ1v) is 8.83. The van der Waals surface area contributed by atoms with Crippen molar-refractivity contribution in [3.8, 4) is 22.4 Å². The molecule has 26 heavy (non-hydrogen) atoms. The SMILES string of the molecule is Cc1cc(-c2c(-c3ccc(Cl)cc3)nn3c2COCC3)c2cn[nH]c2n1. The van der Waals surface area contributed by atoms with Crippen LogP contribution >= 0.6 is 11.6 Å². The summed E-state index contributed by atoms with van der Waals surface area (Å²) >= 11 is 6.07. The molecule has 0 atom stereocenters. The van der Waals surface area contributed by atoms with Crippen molar-refractivity contribution in [1.29, 1.82) is 0 Å². The summed E-state index contributed by atoms with van der Waals surface area (Å²) < 4.78 is 7.78. The molecule has 0 bridgehead atoms. The number of nitrogens with zero attached hydrogens (tertiary/aromatic N) is 4. The fourth-order valence-corrected chi connectivity index (χ4v) is 3.63. The van der Waals surface area contributed by atoms with E-state index < -0.39 is 0 Å². The predicted molar refractivity (Wildman–Crippen MR) is 99.9 cm³/mol. The average molecular weight is 366 g/mol. The number of nitrogens with one attached hydrogen (secondary N) is 1. The zero-order valence-corrected chi connectivity index (χ0v) is 14.9. The Labute approximate surface area is 154 Å². The molecular formula is C19H16ClN5O. The fraction of sp³-hybridized carbons (Fsp3) is 0.211. The molecule has 7 heteroatoms. The van der Waals surface area contributed by atoms with Crippen LogP contribution in [-0.2, 0) is 17.9 Å². The van der Waals surface area contributed by atoms with Crippen LogP contribution < -0.4 is 0 Å². The molecule has 5 rings (SSSR count). The highest BCUT2D eigenvalue weighted by atomic mass is 35.5. The molecule has 6 nitrogen and oxygen atoms in total. The first kappa shape index (κ1) is 15.5. The maximum Gasteiger partial charge on any atom is 0.155 e. The summed E-state index contributed by atoms with van der Waals surface area (Å²) in [6.45, 7) is 3.94. The Morgan fingerprint density at radius 1 is 1.23 bits per heavy atom. The lowest BCUT2D eigenvalue weighted by atomic mass is 9.97. The topological polar surface area (TPSA) is 68.6 Å². The standard InChI is InChI=1S/C19H16ClN5O/c1-11-8-14(15-9-21-23-19(15)22-11)17-16-10-26-7-6-25(16)24-18(17)12-2-4-13(20)5-3-12/h2-5,8-9H,6-7,10H2,1H3,(H,21,22,23). The second kappa shape index (κ2) is 5.93. The largest absolute Gasteiger partial charge is 0.373 e. The molecular weight excluding hydrogens is 350 g/mol. The molecule has 130 valence electrons. The van der Waals surface area contributed by atoms with Gasteiger partial charge in [0.25, 0.3) is 0 Å². The zero-order chi connectivity index (χ0) is 17.7.